The van der Waals surface area contributed by atoms with E-state index < -0.39 is 11.7 Å². The van der Waals surface area contributed by atoms with E-state index in [0.29, 0.717) is 13.1 Å². The van der Waals surface area contributed by atoms with Gasteiger partial charge in [0.05, 0.1) is 0 Å². The van der Waals surface area contributed by atoms with Gasteiger partial charge in [-0.25, -0.2) is 0 Å². The molecule has 1 saturated heterocycles. The van der Waals surface area contributed by atoms with Crippen LogP contribution in [0.4, 0.5) is 13.2 Å². The fourth-order valence-corrected chi connectivity index (χ4v) is 2.56. The Morgan fingerprint density at radius 1 is 1.38 bits per heavy atom. The lowest BCUT2D eigenvalue weighted by Gasteiger charge is -2.34. The van der Waals surface area contributed by atoms with Crippen LogP contribution in [-0.2, 0) is 0 Å². The molecule has 0 bridgehead atoms. The van der Waals surface area contributed by atoms with Crippen LogP contribution in [0.5, 0.6) is 0 Å². The van der Waals surface area contributed by atoms with Gasteiger partial charge in [0.25, 0.3) is 0 Å². The zero-order valence-corrected chi connectivity index (χ0v) is 9.61. The van der Waals surface area contributed by atoms with Crippen molar-refractivity contribution in [3.05, 3.63) is 0 Å². The predicted molar refractivity (Wildman–Crippen MR) is 56.3 cm³/mol. The van der Waals surface area contributed by atoms with Gasteiger partial charge >= 0.3 is 6.18 Å². The maximum atomic E-state index is 13.0. The first-order valence-corrected chi connectivity index (χ1v) is 6.05. The van der Waals surface area contributed by atoms with Crippen molar-refractivity contribution in [2.75, 3.05) is 19.6 Å². The van der Waals surface area contributed by atoms with Crippen LogP contribution < -0.4 is 5.32 Å². The molecule has 2 aliphatic rings. The molecule has 1 aliphatic heterocycles. The van der Waals surface area contributed by atoms with Crippen LogP contribution in [0.25, 0.3) is 0 Å². The minimum atomic E-state index is -4.06. The third-order valence-corrected chi connectivity index (χ3v) is 3.83. The van der Waals surface area contributed by atoms with Crippen molar-refractivity contribution in [3.63, 3.8) is 0 Å². The van der Waals surface area contributed by atoms with Crippen molar-refractivity contribution >= 4 is 0 Å². The zero-order chi connectivity index (χ0) is 11.8. The highest BCUT2D eigenvalue weighted by atomic mass is 19.4. The molecule has 94 valence electrons. The SMILES string of the molecule is CCC1CN(C2(C(F)(F)F)CC2)CCCN1. The van der Waals surface area contributed by atoms with E-state index in [1.807, 2.05) is 6.92 Å². The largest absolute Gasteiger partial charge is 0.406 e. The fraction of sp³-hybridized carbons (Fsp3) is 1.00. The summed E-state index contributed by atoms with van der Waals surface area (Å²) in [4.78, 5) is 1.67. The minimum Gasteiger partial charge on any atom is -0.313 e. The Bertz CT molecular complexity index is 248. The molecule has 1 N–H and O–H groups in total. The second-order valence-electron chi connectivity index (χ2n) is 4.89. The smallest absolute Gasteiger partial charge is 0.313 e. The van der Waals surface area contributed by atoms with Gasteiger partial charge in [-0.15, -0.1) is 0 Å². The molecule has 2 fully saturated rings. The number of rotatable bonds is 2. The highest BCUT2D eigenvalue weighted by Gasteiger charge is 2.66. The molecule has 0 amide bonds. The lowest BCUT2D eigenvalue weighted by Crippen LogP contribution is -2.51. The molecule has 0 radical (unpaired) electrons. The number of hydrogen-bond donors (Lipinski definition) is 1. The van der Waals surface area contributed by atoms with Gasteiger partial charge in [-0.3, -0.25) is 4.90 Å². The summed E-state index contributed by atoms with van der Waals surface area (Å²) in [6.07, 6.45) is -1.78. The molecule has 2 nitrogen and oxygen atoms in total. The van der Waals surface area contributed by atoms with Gasteiger partial charge in [-0.2, -0.15) is 13.2 Å². The summed E-state index contributed by atoms with van der Waals surface area (Å²) >= 11 is 0. The van der Waals surface area contributed by atoms with Crippen molar-refractivity contribution in [1.29, 1.82) is 0 Å². The second-order valence-corrected chi connectivity index (χ2v) is 4.89. The molecule has 0 aromatic carbocycles. The molecule has 2 rings (SSSR count). The van der Waals surface area contributed by atoms with Gasteiger partial charge < -0.3 is 5.32 Å². The van der Waals surface area contributed by atoms with Crippen molar-refractivity contribution in [1.82, 2.24) is 10.2 Å². The van der Waals surface area contributed by atoms with Crippen LogP contribution in [0.3, 0.4) is 0 Å². The molecule has 0 aromatic rings. The Kier molecular flexibility index (Phi) is 3.18. The molecule has 0 spiro atoms. The summed E-state index contributed by atoms with van der Waals surface area (Å²) in [6, 6.07) is 0.210. The lowest BCUT2D eigenvalue weighted by molar-refractivity contribution is -0.196. The Morgan fingerprint density at radius 2 is 2.06 bits per heavy atom. The molecular formula is C11H19F3N2. The molecule has 0 aromatic heterocycles. The van der Waals surface area contributed by atoms with Crippen LogP contribution in [0.1, 0.15) is 32.6 Å². The Hall–Kier alpha value is -0.290. The molecule has 1 atom stereocenters. The average molecular weight is 236 g/mol. The standard InChI is InChI=1S/C11H19F3N2/c1-2-9-8-16(7-3-6-15-9)10(4-5-10)11(12,13)14/h9,15H,2-8H2,1H3. The maximum Gasteiger partial charge on any atom is 0.406 e. The zero-order valence-electron chi connectivity index (χ0n) is 9.61. The first kappa shape index (κ1) is 12.2. The second kappa shape index (κ2) is 4.18. The van der Waals surface area contributed by atoms with Crippen molar-refractivity contribution in [2.24, 2.45) is 0 Å². The number of nitrogens with zero attached hydrogens (tertiary/aromatic N) is 1. The van der Waals surface area contributed by atoms with Crippen LogP contribution >= 0.6 is 0 Å². The summed E-state index contributed by atoms with van der Waals surface area (Å²) in [5.74, 6) is 0. The van der Waals surface area contributed by atoms with Gasteiger partial charge in [0.1, 0.15) is 5.54 Å². The number of hydrogen-bond acceptors (Lipinski definition) is 2. The van der Waals surface area contributed by atoms with Crippen LogP contribution in [0.15, 0.2) is 0 Å². The van der Waals surface area contributed by atoms with E-state index in [2.05, 4.69) is 5.32 Å². The van der Waals surface area contributed by atoms with E-state index in [-0.39, 0.29) is 18.9 Å². The Morgan fingerprint density at radius 3 is 2.56 bits per heavy atom. The predicted octanol–water partition coefficient (Wildman–Crippen LogP) is 2.16. The first-order valence-electron chi connectivity index (χ1n) is 6.05. The van der Waals surface area contributed by atoms with Crippen molar-refractivity contribution < 1.29 is 13.2 Å². The van der Waals surface area contributed by atoms with E-state index in [4.69, 9.17) is 0 Å². The summed E-state index contributed by atoms with van der Waals surface area (Å²) in [5.41, 5.74) is -1.48. The van der Waals surface area contributed by atoms with E-state index in [9.17, 15) is 13.2 Å². The first-order chi connectivity index (χ1) is 7.49. The van der Waals surface area contributed by atoms with E-state index in [1.54, 1.807) is 4.90 Å². The number of halogens is 3. The monoisotopic (exact) mass is 236 g/mol. The maximum absolute atomic E-state index is 13.0. The molecule has 1 heterocycles. The minimum absolute atomic E-state index is 0.210. The Balaban J connectivity index is 2.08. The molecule has 1 saturated carbocycles. The molecule has 1 aliphatic carbocycles. The van der Waals surface area contributed by atoms with Crippen molar-refractivity contribution in [2.45, 2.75) is 50.4 Å². The van der Waals surface area contributed by atoms with Gasteiger partial charge in [0.2, 0.25) is 0 Å². The van der Waals surface area contributed by atoms with E-state index in [1.165, 1.54) is 0 Å². The van der Waals surface area contributed by atoms with Gasteiger partial charge in [-0.1, -0.05) is 6.92 Å². The van der Waals surface area contributed by atoms with Crippen LogP contribution in [0.2, 0.25) is 0 Å². The molecule has 5 heteroatoms. The average Bonchev–Trinajstić information content (AvgIpc) is 3.01. The third-order valence-electron chi connectivity index (χ3n) is 3.83. The van der Waals surface area contributed by atoms with Crippen molar-refractivity contribution in [3.8, 4) is 0 Å². The summed E-state index contributed by atoms with van der Waals surface area (Å²) < 4.78 is 38.9. The fourth-order valence-electron chi connectivity index (χ4n) is 2.56. The molecule has 1 unspecified atom stereocenters. The summed E-state index contributed by atoms with van der Waals surface area (Å²) in [7, 11) is 0. The normalized spacial score (nSPS) is 31.1. The lowest BCUT2D eigenvalue weighted by atomic mass is 10.1. The quantitative estimate of drug-likeness (QED) is 0.790. The topological polar surface area (TPSA) is 15.3 Å². The third kappa shape index (κ3) is 2.07. The van der Waals surface area contributed by atoms with Gasteiger partial charge in [0, 0.05) is 19.1 Å². The van der Waals surface area contributed by atoms with Crippen LogP contribution in [-0.4, -0.2) is 42.3 Å². The van der Waals surface area contributed by atoms with Gasteiger partial charge in [-0.05, 0) is 32.2 Å². The Labute approximate surface area is 94.2 Å². The highest BCUT2D eigenvalue weighted by Crippen LogP contribution is 2.53. The summed E-state index contributed by atoms with van der Waals surface area (Å²) in [5, 5.41) is 3.30. The molecule has 16 heavy (non-hydrogen) atoms. The molecular weight excluding hydrogens is 217 g/mol. The van der Waals surface area contributed by atoms with Crippen LogP contribution in [0, 0.1) is 0 Å². The number of alkyl halides is 3. The summed E-state index contributed by atoms with van der Waals surface area (Å²) in [6.45, 7) is 3.97. The van der Waals surface area contributed by atoms with E-state index in [0.717, 1.165) is 19.4 Å². The van der Waals surface area contributed by atoms with E-state index >= 15 is 0 Å². The number of nitrogens with one attached hydrogen (secondary N) is 1. The van der Waals surface area contributed by atoms with Gasteiger partial charge in [0.15, 0.2) is 0 Å². The highest BCUT2D eigenvalue weighted by molar-refractivity contribution is 5.10.